The van der Waals surface area contributed by atoms with Gasteiger partial charge in [0.15, 0.2) is 17.2 Å². The fourth-order valence-electron chi connectivity index (χ4n) is 5.69. The number of esters is 1. The summed E-state index contributed by atoms with van der Waals surface area (Å²) in [5, 5.41) is 0. The van der Waals surface area contributed by atoms with Gasteiger partial charge >= 0.3 is 5.97 Å². The van der Waals surface area contributed by atoms with Gasteiger partial charge in [-0.15, -0.1) is 0 Å². The second-order valence-electron chi connectivity index (χ2n) is 10.1. The normalized spacial score (nSPS) is 29.5. The minimum absolute atomic E-state index is 0.272. The van der Waals surface area contributed by atoms with Crippen LogP contribution in [-0.4, -0.2) is 79.9 Å². The van der Waals surface area contributed by atoms with Crippen LogP contribution in [0.25, 0.3) is 0 Å². The van der Waals surface area contributed by atoms with Crippen LogP contribution in [0.1, 0.15) is 44.1 Å². The highest BCUT2D eigenvalue weighted by molar-refractivity contribution is 5.87. The zero-order chi connectivity index (χ0) is 23.5. The number of rotatable bonds is 7. The highest BCUT2D eigenvalue weighted by Crippen LogP contribution is 2.38. The van der Waals surface area contributed by atoms with E-state index in [0.29, 0.717) is 38.4 Å². The monoisotopic (exact) mass is 472 g/mol. The Bertz CT molecular complexity index is 887. The summed E-state index contributed by atoms with van der Waals surface area (Å²) in [5.41, 5.74) is 5.82. The maximum atomic E-state index is 12.5. The zero-order valence-electron chi connectivity index (χ0n) is 19.9. The lowest BCUT2D eigenvalue weighted by atomic mass is 9.77. The second-order valence-corrected chi connectivity index (χ2v) is 10.1. The number of carbonyl (C=O) groups is 2. The van der Waals surface area contributed by atoms with E-state index in [4.69, 9.17) is 19.9 Å². The summed E-state index contributed by atoms with van der Waals surface area (Å²) in [6.45, 7) is 6.64. The molecule has 1 atom stereocenters. The lowest BCUT2D eigenvalue weighted by Gasteiger charge is -2.39. The number of hydrogen-bond acceptors (Lipinski definition) is 8. The van der Waals surface area contributed by atoms with Gasteiger partial charge in [-0.25, -0.2) is 4.98 Å². The van der Waals surface area contributed by atoms with E-state index in [1.54, 1.807) is 0 Å². The summed E-state index contributed by atoms with van der Waals surface area (Å²) < 4.78 is 16.8. The average molecular weight is 473 g/mol. The van der Waals surface area contributed by atoms with Crippen LogP contribution in [0, 0.1) is 11.8 Å². The van der Waals surface area contributed by atoms with E-state index >= 15 is 0 Å². The van der Waals surface area contributed by atoms with Crippen LogP contribution in [0.5, 0.6) is 5.75 Å². The van der Waals surface area contributed by atoms with Crippen molar-refractivity contribution < 1.29 is 23.8 Å². The molecule has 3 fully saturated rings. The van der Waals surface area contributed by atoms with Crippen LogP contribution in [0.2, 0.25) is 0 Å². The molecule has 1 aliphatic carbocycles. The fraction of sp³-hybridized carbons (Fsp3) is 0.720. The lowest BCUT2D eigenvalue weighted by molar-refractivity contribution is -0.176. The maximum absolute atomic E-state index is 12.5. The van der Waals surface area contributed by atoms with E-state index in [-0.39, 0.29) is 11.9 Å². The van der Waals surface area contributed by atoms with E-state index < -0.39 is 11.5 Å². The number of nitrogens with zero attached hydrogens (tertiary/aromatic N) is 3. The largest absolute Gasteiger partial charge is 0.489 e. The van der Waals surface area contributed by atoms with Crippen molar-refractivity contribution in [1.82, 2.24) is 9.88 Å². The quantitative estimate of drug-likeness (QED) is 0.596. The van der Waals surface area contributed by atoms with E-state index in [1.807, 2.05) is 6.20 Å². The summed E-state index contributed by atoms with van der Waals surface area (Å²) >= 11 is 0. The lowest BCUT2D eigenvalue weighted by Crippen LogP contribution is -2.51. The number of anilines is 1. The van der Waals surface area contributed by atoms with Crippen LogP contribution in [0.3, 0.4) is 0 Å². The third kappa shape index (κ3) is 4.86. The minimum Gasteiger partial charge on any atom is -0.489 e. The smallest absolute Gasteiger partial charge is 0.312 e. The number of fused-ring (bicyclic) bond motifs is 1. The van der Waals surface area contributed by atoms with Crippen molar-refractivity contribution in [2.45, 2.75) is 50.5 Å². The summed E-state index contributed by atoms with van der Waals surface area (Å²) in [5.74, 6) is 1.36. The molecular weight excluding hydrogens is 436 g/mol. The predicted octanol–water partition coefficient (Wildman–Crippen LogP) is 1.52. The van der Waals surface area contributed by atoms with Crippen molar-refractivity contribution in [2.75, 3.05) is 57.4 Å². The number of ether oxygens (including phenoxy) is 3. The SMILES string of the molecule is NC(=O)C1(OC(=O)C2CCOC2)CCC(CCN2CCN(c3nccc4c3OCC4)CC2)CC1. The van der Waals surface area contributed by atoms with Crippen LogP contribution in [-0.2, 0) is 25.5 Å². The summed E-state index contributed by atoms with van der Waals surface area (Å²) in [6, 6.07) is 2.06. The van der Waals surface area contributed by atoms with Gasteiger partial charge in [0.2, 0.25) is 0 Å². The molecule has 3 aliphatic heterocycles. The standard InChI is InChI=1S/C25H36N4O5/c26-24(31)25(34-23(30)20-5-15-32-17-20)7-1-18(2-8-25)4-10-28-11-13-29(14-12-28)22-21-19(3-9-27-22)6-16-33-21/h3,9,18,20H,1-2,4-8,10-17H2,(H2,26,31). The molecule has 9 nitrogen and oxygen atoms in total. The molecule has 1 aromatic heterocycles. The van der Waals surface area contributed by atoms with Crippen LogP contribution >= 0.6 is 0 Å². The van der Waals surface area contributed by atoms with Gasteiger partial charge < -0.3 is 24.8 Å². The van der Waals surface area contributed by atoms with Crippen LogP contribution in [0.15, 0.2) is 12.3 Å². The van der Waals surface area contributed by atoms with Gasteiger partial charge in [-0.2, -0.15) is 0 Å². The van der Waals surface area contributed by atoms with Gasteiger partial charge in [0.05, 0.1) is 19.1 Å². The number of nitrogens with two attached hydrogens (primary N) is 1. The topological polar surface area (TPSA) is 107 Å². The molecule has 5 rings (SSSR count). The molecule has 0 bridgehead atoms. The maximum Gasteiger partial charge on any atom is 0.312 e. The van der Waals surface area contributed by atoms with Gasteiger partial charge in [0.25, 0.3) is 5.91 Å². The molecule has 1 unspecified atom stereocenters. The molecule has 0 aromatic carbocycles. The molecule has 4 aliphatic rings. The van der Waals surface area contributed by atoms with Crippen molar-refractivity contribution in [2.24, 2.45) is 17.6 Å². The first kappa shape index (κ1) is 23.4. The zero-order valence-corrected chi connectivity index (χ0v) is 19.9. The number of pyridine rings is 1. The molecule has 1 saturated carbocycles. The number of amides is 1. The number of aromatic nitrogens is 1. The van der Waals surface area contributed by atoms with Gasteiger partial charge in [-0.3, -0.25) is 14.5 Å². The molecule has 9 heteroatoms. The van der Waals surface area contributed by atoms with Crippen molar-refractivity contribution in [1.29, 1.82) is 0 Å². The van der Waals surface area contributed by atoms with Gasteiger partial charge in [0, 0.05) is 51.0 Å². The Balaban J connectivity index is 1.07. The van der Waals surface area contributed by atoms with E-state index in [2.05, 4.69) is 20.9 Å². The first-order valence-electron chi connectivity index (χ1n) is 12.7. The van der Waals surface area contributed by atoms with Gasteiger partial charge in [-0.05, 0) is 57.1 Å². The Labute approximate surface area is 200 Å². The summed E-state index contributed by atoms with van der Waals surface area (Å²) in [7, 11) is 0. The van der Waals surface area contributed by atoms with Crippen LogP contribution < -0.4 is 15.4 Å². The first-order chi connectivity index (χ1) is 16.5. The molecule has 0 radical (unpaired) electrons. The number of hydrogen-bond donors (Lipinski definition) is 1. The Morgan fingerprint density at radius 1 is 1.15 bits per heavy atom. The van der Waals surface area contributed by atoms with E-state index in [9.17, 15) is 9.59 Å². The highest BCUT2D eigenvalue weighted by Gasteiger charge is 2.45. The van der Waals surface area contributed by atoms with Crippen molar-refractivity contribution in [3.05, 3.63) is 17.8 Å². The van der Waals surface area contributed by atoms with Crippen molar-refractivity contribution in [3.63, 3.8) is 0 Å². The minimum atomic E-state index is -1.15. The molecule has 1 amide bonds. The molecule has 4 heterocycles. The fourth-order valence-corrected chi connectivity index (χ4v) is 5.69. The van der Waals surface area contributed by atoms with Crippen LogP contribution in [0.4, 0.5) is 5.82 Å². The van der Waals surface area contributed by atoms with E-state index in [0.717, 1.165) is 76.6 Å². The average Bonchev–Trinajstić information content (AvgIpc) is 3.56. The number of carbonyl (C=O) groups excluding carboxylic acids is 2. The van der Waals surface area contributed by atoms with E-state index in [1.165, 1.54) is 5.56 Å². The molecule has 1 aromatic rings. The predicted molar refractivity (Wildman–Crippen MR) is 126 cm³/mol. The molecule has 186 valence electrons. The first-order valence-corrected chi connectivity index (χ1v) is 12.7. The summed E-state index contributed by atoms with van der Waals surface area (Å²) in [6.07, 6.45) is 7.35. The summed E-state index contributed by atoms with van der Waals surface area (Å²) in [4.78, 5) is 34.2. The Hall–Kier alpha value is -2.39. The highest BCUT2D eigenvalue weighted by atomic mass is 16.6. The number of piperazine rings is 1. The Morgan fingerprint density at radius 2 is 1.94 bits per heavy atom. The third-order valence-corrected chi connectivity index (χ3v) is 8.03. The van der Waals surface area contributed by atoms with Gasteiger partial charge in [-0.1, -0.05) is 0 Å². The number of primary amides is 1. The van der Waals surface area contributed by atoms with Crippen molar-refractivity contribution >= 4 is 17.7 Å². The Kier molecular flexibility index (Phi) is 6.92. The molecule has 2 N–H and O–H groups in total. The van der Waals surface area contributed by atoms with Gasteiger partial charge in [0.1, 0.15) is 0 Å². The molecule has 0 spiro atoms. The molecule has 34 heavy (non-hydrogen) atoms. The third-order valence-electron chi connectivity index (χ3n) is 8.03. The Morgan fingerprint density at radius 3 is 2.65 bits per heavy atom. The van der Waals surface area contributed by atoms with Crippen molar-refractivity contribution in [3.8, 4) is 5.75 Å². The molecule has 2 saturated heterocycles. The second kappa shape index (κ2) is 10.1. The molecular formula is C25H36N4O5.